The number of allylic oxidation sites excluding steroid dienone is 2. The highest BCUT2D eigenvalue weighted by Gasteiger charge is 2.41. The van der Waals surface area contributed by atoms with Crippen molar-refractivity contribution in [1.82, 2.24) is 14.8 Å². The van der Waals surface area contributed by atoms with Gasteiger partial charge in [-0.15, -0.1) is 5.10 Å². The number of thioether (sulfide) groups is 1. The molecule has 1 atom stereocenters. The van der Waals surface area contributed by atoms with E-state index in [0.717, 1.165) is 27.7 Å². The van der Waals surface area contributed by atoms with Crippen molar-refractivity contribution in [2.75, 3.05) is 18.2 Å². The van der Waals surface area contributed by atoms with Gasteiger partial charge in [-0.25, -0.2) is 4.68 Å². The van der Waals surface area contributed by atoms with Crippen LogP contribution >= 0.6 is 27.7 Å². The number of ketones is 2. The highest BCUT2D eigenvalue weighted by Crippen LogP contribution is 2.45. The van der Waals surface area contributed by atoms with Crippen LogP contribution in [0.25, 0.3) is 0 Å². The maximum atomic E-state index is 13.3. The molecule has 9 heteroatoms. The molecule has 1 aliphatic heterocycles. The summed E-state index contributed by atoms with van der Waals surface area (Å²) in [7, 11) is 1.59. The number of ether oxygens (including phenoxy) is 1. The third-order valence-corrected chi connectivity index (χ3v) is 7.61. The summed E-state index contributed by atoms with van der Waals surface area (Å²) in [6, 6.07) is 14.6. The van der Waals surface area contributed by atoms with E-state index in [0.29, 0.717) is 28.8 Å². The SMILES string of the molecule is COc1ccc(C(=O)CSc2nc3n(n2)[C@H](c2ccc(Br)cc2)C2=C(CC(C)(C)CC2=O)N3)cc1. The van der Waals surface area contributed by atoms with Gasteiger partial charge in [0.2, 0.25) is 11.1 Å². The zero-order chi connectivity index (χ0) is 24.7. The maximum Gasteiger partial charge on any atom is 0.227 e. The van der Waals surface area contributed by atoms with Crippen LogP contribution < -0.4 is 10.1 Å². The topological polar surface area (TPSA) is 86.1 Å². The minimum Gasteiger partial charge on any atom is -0.497 e. The number of hydrogen-bond acceptors (Lipinski definition) is 7. The highest BCUT2D eigenvalue weighted by atomic mass is 79.9. The zero-order valence-corrected chi connectivity index (χ0v) is 22.1. The molecule has 5 rings (SSSR count). The zero-order valence-electron chi connectivity index (χ0n) is 19.7. The predicted molar refractivity (Wildman–Crippen MR) is 139 cm³/mol. The molecule has 0 bridgehead atoms. The van der Waals surface area contributed by atoms with Crippen molar-refractivity contribution in [1.29, 1.82) is 0 Å². The van der Waals surface area contributed by atoms with Gasteiger partial charge >= 0.3 is 0 Å². The van der Waals surface area contributed by atoms with Crippen molar-refractivity contribution < 1.29 is 14.3 Å². The summed E-state index contributed by atoms with van der Waals surface area (Å²) in [5, 5.41) is 8.59. The van der Waals surface area contributed by atoms with Gasteiger partial charge in [-0.2, -0.15) is 4.98 Å². The standard InChI is InChI=1S/C26H25BrN4O3S/c1-26(2)12-19-22(20(32)13-26)23(16-4-8-17(27)9-5-16)31-24(28-19)29-25(30-31)35-14-21(33)15-6-10-18(34-3)11-7-15/h4-11,23H,12-14H2,1-3H3,(H,28,29,30)/t23-/m1/s1. The number of rotatable bonds is 6. The van der Waals surface area contributed by atoms with E-state index in [4.69, 9.17) is 9.84 Å². The molecule has 180 valence electrons. The van der Waals surface area contributed by atoms with Crippen molar-refractivity contribution in [2.24, 2.45) is 5.41 Å². The van der Waals surface area contributed by atoms with E-state index < -0.39 is 0 Å². The average molecular weight is 553 g/mol. The highest BCUT2D eigenvalue weighted by molar-refractivity contribution is 9.10. The summed E-state index contributed by atoms with van der Waals surface area (Å²) in [5.41, 5.74) is 3.10. The number of halogens is 1. The lowest BCUT2D eigenvalue weighted by molar-refractivity contribution is -0.118. The number of benzene rings is 2. The van der Waals surface area contributed by atoms with E-state index in [2.05, 4.69) is 40.1 Å². The summed E-state index contributed by atoms with van der Waals surface area (Å²) < 4.78 is 7.90. The lowest BCUT2D eigenvalue weighted by Crippen LogP contribution is -2.36. The minimum atomic E-state index is -0.364. The van der Waals surface area contributed by atoms with E-state index in [9.17, 15) is 9.59 Å². The van der Waals surface area contributed by atoms with Crippen molar-refractivity contribution in [2.45, 2.75) is 37.9 Å². The van der Waals surface area contributed by atoms with Crippen LogP contribution in [0.15, 0.2) is 69.4 Å². The first-order valence-electron chi connectivity index (χ1n) is 11.3. The van der Waals surface area contributed by atoms with Crippen LogP contribution in [0.2, 0.25) is 0 Å². The van der Waals surface area contributed by atoms with Gasteiger partial charge in [0.15, 0.2) is 11.6 Å². The van der Waals surface area contributed by atoms with Gasteiger partial charge in [0, 0.05) is 27.7 Å². The van der Waals surface area contributed by atoms with E-state index in [1.165, 1.54) is 11.8 Å². The van der Waals surface area contributed by atoms with E-state index >= 15 is 0 Å². The summed E-state index contributed by atoms with van der Waals surface area (Å²) in [5.74, 6) is 1.61. The minimum absolute atomic E-state index is 0.0165. The van der Waals surface area contributed by atoms with E-state index in [1.54, 1.807) is 36.1 Å². The molecule has 2 heterocycles. The summed E-state index contributed by atoms with van der Waals surface area (Å²) >= 11 is 4.78. The second-order valence-electron chi connectivity index (χ2n) is 9.52. The van der Waals surface area contributed by atoms with Crippen molar-refractivity contribution in [3.63, 3.8) is 0 Å². The second kappa shape index (κ2) is 9.28. The molecule has 2 aromatic carbocycles. The van der Waals surface area contributed by atoms with Gasteiger partial charge in [-0.05, 0) is 53.8 Å². The molecular weight excluding hydrogens is 528 g/mol. The van der Waals surface area contributed by atoms with Gasteiger partial charge in [-0.3, -0.25) is 9.59 Å². The average Bonchev–Trinajstić information content (AvgIpc) is 3.23. The molecule has 7 nitrogen and oxygen atoms in total. The number of carbonyl (C=O) groups is 2. The van der Waals surface area contributed by atoms with Crippen LogP contribution in [0.4, 0.5) is 5.95 Å². The molecule has 0 saturated carbocycles. The van der Waals surface area contributed by atoms with Crippen LogP contribution in [0.3, 0.4) is 0 Å². The lowest BCUT2D eigenvalue weighted by atomic mass is 9.73. The Kier molecular flexibility index (Phi) is 6.31. The Hall–Kier alpha value is -2.91. The molecule has 35 heavy (non-hydrogen) atoms. The van der Waals surface area contributed by atoms with Crippen LogP contribution in [0.1, 0.15) is 48.7 Å². The lowest BCUT2D eigenvalue weighted by Gasteiger charge is -2.38. The van der Waals surface area contributed by atoms with Crippen molar-refractivity contribution in [3.05, 3.63) is 75.4 Å². The normalized spacial score (nSPS) is 18.5. The second-order valence-corrected chi connectivity index (χ2v) is 11.4. The molecule has 1 aliphatic carbocycles. The first-order chi connectivity index (χ1) is 16.7. The molecule has 2 aliphatic rings. The fourth-order valence-corrected chi connectivity index (χ4v) is 5.58. The van der Waals surface area contributed by atoms with Gasteiger partial charge in [0.25, 0.3) is 0 Å². The van der Waals surface area contributed by atoms with E-state index in [1.807, 2.05) is 24.3 Å². The first kappa shape index (κ1) is 23.8. The van der Waals surface area contributed by atoms with Gasteiger partial charge in [0.05, 0.1) is 12.9 Å². The van der Waals surface area contributed by atoms with Gasteiger partial charge in [0.1, 0.15) is 11.8 Å². The molecule has 0 fully saturated rings. The fourth-order valence-electron chi connectivity index (χ4n) is 4.59. The van der Waals surface area contributed by atoms with Crippen LogP contribution in [0.5, 0.6) is 5.75 Å². The number of fused-ring (bicyclic) bond motifs is 1. The fraction of sp³-hybridized carbons (Fsp3) is 0.308. The quantitative estimate of drug-likeness (QED) is 0.311. The maximum absolute atomic E-state index is 13.3. The molecule has 0 unspecified atom stereocenters. The Morgan fingerprint density at radius 1 is 1.17 bits per heavy atom. The largest absolute Gasteiger partial charge is 0.497 e. The molecule has 3 aromatic rings. The number of anilines is 1. The molecule has 0 radical (unpaired) electrons. The monoisotopic (exact) mass is 552 g/mol. The van der Waals surface area contributed by atoms with Crippen molar-refractivity contribution in [3.8, 4) is 5.75 Å². The van der Waals surface area contributed by atoms with Crippen LogP contribution in [-0.2, 0) is 4.79 Å². The number of hydrogen-bond donors (Lipinski definition) is 1. The third kappa shape index (κ3) is 4.79. The Bertz CT molecular complexity index is 1330. The number of methoxy groups -OCH3 is 1. The van der Waals surface area contributed by atoms with Crippen LogP contribution in [0, 0.1) is 5.41 Å². The summed E-state index contributed by atoms with van der Waals surface area (Å²) in [4.78, 5) is 30.7. The van der Waals surface area contributed by atoms with Gasteiger partial charge < -0.3 is 10.1 Å². The number of nitrogens with zero attached hydrogens (tertiary/aromatic N) is 3. The summed E-state index contributed by atoms with van der Waals surface area (Å²) in [6.07, 6.45) is 1.24. The Labute approximate surface area is 216 Å². The van der Waals surface area contributed by atoms with E-state index in [-0.39, 0.29) is 28.8 Å². The smallest absolute Gasteiger partial charge is 0.227 e. The molecule has 0 amide bonds. The molecule has 0 saturated heterocycles. The predicted octanol–water partition coefficient (Wildman–Crippen LogP) is 5.68. The van der Waals surface area contributed by atoms with Crippen LogP contribution in [-0.4, -0.2) is 39.2 Å². The molecule has 1 N–H and O–H groups in total. The summed E-state index contributed by atoms with van der Waals surface area (Å²) in [6.45, 7) is 4.22. The Balaban J connectivity index is 1.44. The number of Topliss-reactive ketones (excluding diaryl/α,β-unsaturated/α-hetero) is 2. The molecular formula is C26H25BrN4O3S. The van der Waals surface area contributed by atoms with Crippen molar-refractivity contribution >= 4 is 45.2 Å². The Morgan fingerprint density at radius 3 is 2.57 bits per heavy atom. The molecule has 1 aromatic heterocycles. The number of nitrogens with one attached hydrogen (secondary N) is 1. The Morgan fingerprint density at radius 2 is 1.89 bits per heavy atom. The number of carbonyl (C=O) groups excluding carboxylic acids is 2. The number of aromatic nitrogens is 3. The van der Waals surface area contributed by atoms with Gasteiger partial charge in [-0.1, -0.05) is 53.7 Å². The molecule has 0 spiro atoms. The first-order valence-corrected chi connectivity index (χ1v) is 13.1. The third-order valence-electron chi connectivity index (χ3n) is 6.24.